The molecule has 0 radical (unpaired) electrons. The molecule has 2 N–H and O–H groups in total. The van der Waals surface area contributed by atoms with Crippen molar-refractivity contribution in [3.63, 3.8) is 0 Å². The molecule has 7 nitrogen and oxygen atoms in total. The number of anilines is 1. The van der Waals surface area contributed by atoms with Gasteiger partial charge in [-0.15, -0.1) is 24.0 Å². The minimum atomic E-state index is -3.27. The Labute approximate surface area is 197 Å². The van der Waals surface area contributed by atoms with Crippen LogP contribution >= 0.6 is 24.0 Å². The van der Waals surface area contributed by atoms with E-state index in [9.17, 15) is 12.8 Å². The summed E-state index contributed by atoms with van der Waals surface area (Å²) in [5.41, 5.74) is 0.908. The normalized spacial score (nSPS) is 15.8. The quantitative estimate of drug-likeness (QED) is 0.279. The zero-order chi connectivity index (χ0) is 21.3. The fraction of sp³-hybridized carbons (Fsp3) is 0.650. The number of nitrogens with zero attached hydrogens (tertiary/aromatic N) is 3. The summed E-state index contributed by atoms with van der Waals surface area (Å²) in [5, 5.41) is 6.60. The second kappa shape index (κ2) is 13.3. The van der Waals surface area contributed by atoms with Gasteiger partial charge in [-0.3, -0.25) is 4.99 Å². The third kappa shape index (κ3) is 8.18. The molecule has 1 aliphatic rings. The first kappa shape index (κ1) is 26.9. The number of halogens is 2. The molecule has 1 saturated heterocycles. The number of sulfonamides is 1. The zero-order valence-corrected chi connectivity index (χ0v) is 21.3. The van der Waals surface area contributed by atoms with Gasteiger partial charge in [-0.1, -0.05) is 19.9 Å². The Bertz CT molecular complexity index is 766. The summed E-state index contributed by atoms with van der Waals surface area (Å²) >= 11 is 0. The van der Waals surface area contributed by atoms with E-state index < -0.39 is 10.0 Å². The summed E-state index contributed by atoms with van der Waals surface area (Å²) < 4.78 is 39.5. The van der Waals surface area contributed by atoms with Crippen LogP contribution in [0.4, 0.5) is 10.1 Å². The monoisotopic (exact) mass is 555 g/mol. The minimum Gasteiger partial charge on any atom is -0.371 e. The number of nitrogens with one attached hydrogen (secondary N) is 2. The third-order valence-corrected chi connectivity index (χ3v) is 7.07. The van der Waals surface area contributed by atoms with E-state index >= 15 is 0 Å². The van der Waals surface area contributed by atoms with Crippen LogP contribution in [0.15, 0.2) is 29.3 Å². The van der Waals surface area contributed by atoms with Gasteiger partial charge in [0, 0.05) is 44.5 Å². The number of hydrogen-bond acceptors (Lipinski definition) is 4. The topological polar surface area (TPSA) is 77.0 Å². The van der Waals surface area contributed by atoms with Crippen molar-refractivity contribution in [3.8, 4) is 0 Å². The van der Waals surface area contributed by atoms with Gasteiger partial charge in [0.1, 0.15) is 5.82 Å². The highest BCUT2D eigenvalue weighted by atomic mass is 127. The minimum absolute atomic E-state index is 0. The van der Waals surface area contributed by atoms with E-state index in [-0.39, 0.29) is 48.1 Å². The molecule has 1 fully saturated rings. The molecule has 1 aromatic carbocycles. The van der Waals surface area contributed by atoms with Crippen LogP contribution in [0.5, 0.6) is 0 Å². The molecule has 1 aromatic rings. The van der Waals surface area contributed by atoms with E-state index in [2.05, 4.69) is 20.5 Å². The smallest absolute Gasteiger partial charge is 0.215 e. The second-order valence-electron chi connectivity index (χ2n) is 7.05. The van der Waals surface area contributed by atoms with Crippen LogP contribution in [0.2, 0.25) is 0 Å². The summed E-state index contributed by atoms with van der Waals surface area (Å²) in [5.74, 6) is 0.430. The Morgan fingerprint density at radius 1 is 1.23 bits per heavy atom. The lowest BCUT2D eigenvalue weighted by molar-refractivity contribution is 0.445. The lowest BCUT2D eigenvalue weighted by atomic mass is 10.0. The van der Waals surface area contributed by atoms with Gasteiger partial charge in [-0.05, 0) is 38.0 Å². The Morgan fingerprint density at radius 3 is 2.47 bits per heavy atom. The molecule has 0 unspecified atom stereocenters. The molecule has 0 atom stereocenters. The van der Waals surface area contributed by atoms with E-state index in [0.717, 1.165) is 31.6 Å². The van der Waals surface area contributed by atoms with Gasteiger partial charge in [0.25, 0.3) is 0 Å². The Balaban J connectivity index is 0.00000450. The van der Waals surface area contributed by atoms with Crippen LogP contribution in [0.1, 0.15) is 33.6 Å². The third-order valence-electron chi connectivity index (χ3n) is 5.07. The number of rotatable bonds is 9. The molecule has 0 spiro atoms. The average molecular weight is 556 g/mol. The van der Waals surface area contributed by atoms with Crippen molar-refractivity contribution < 1.29 is 12.8 Å². The van der Waals surface area contributed by atoms with E-state index in [1.807, 2.05) is 26.8 Å². The molecule has 0 aliphatic carbocycles. The van der Waals surface area contributed by atoms with Crippen LogP contribution in [-0.4, -0.2) is 69.7 Å². The van der Waals surface area contributed by atoms with Crippen LogP contribution in [0.25, 0.3) is 0 Å². The Hall–Kier alpha value is -1.14. The lowest BCUT2D eigenvalue weighted by Gasteiger charge is -2.34. The number of hydrogen-bond donors (Lipinski definition) is 2. The van der Waals surface area contributed by atoms with Crippen molar-refractivity contribution in [1.82, 2.24) is 14.9 Å². The summed E-state index contributed by atoms with van der Waals surface area (Å²) in [4.78, 5) is 6.64. The first-order valence-electron chi connectivity index (χ1n) is 10.4. The number of benzene rings is 1. The average Bonchev–Trinajstić information content (AvgIpc) is 2.69. The van der Waals surface area contributed by atoms with Crippen molar-refractivity contribution in [2.45, 2.75) is 39.7 Å². The molecule has 172 valence electrons. The van der Waals surface area contributed by atoms with Gasteiger partial charge in [0.15, 0.2) is 5.96 Å². The van der Waals surface area contributed by atoms with Gasteiger partial charge >= 0.3 is 0 Å². The molecule has 0 saturated carbocycles. The Morgan fingerprint density at radius 2 is 1.90 bits per heavy atom. The fourth-order valence-corrected chi connectivity index (χ4v) is 4.85. The molecule has 0 amide bonds. The van der Waals surface area contributed by atoms with Crippen LogP contribution < -0.4 is 15.5 Å². The standard InChI is InChI=1S/C20H34FN5O2S.HI/c1-4-22-20(23-12-15-29(27,28)26(5-2)6-3)24-18-10-13-25(14-11-18)19-9-7-8-17(21)16-19;/h7-9,16,18H,4-6,10-15H2,1-3H3,(H2,22,23,24);1H. The lowest BCUT2D eigenvalue weighted by Crippen LogP contribution is -2.49. The largest absolute Gasteiger partial charge is 0.371 e. The van der Waals surface area contributed by atoms with Crippen molar-refractivity contribution in [3.05, 3.63) is 30.1 Å². The van der Waals surface area contributed by atoms with Crippen LogP contribution in [0.3, 0.4) is 0 Å². The van der Waals surface area contributed by atoms with Gasteiger partial charge in [-0.25, -0.2) is 17.1 Å². The SMILES string of the molecule is CCNC(=NCCS(=O)(=O)N(CC)CC)NC1CCN(c2cccc(F)c2)CC1.I. The summed E-state index contributed by atoms with van der Waals surface area (Å²) in [6, 6.07) is 6.93. The molecule has 2 rings (SSSR count). The van der Waals surface area contributed by atoms with Crippen molar-refractivity contribution in [2.75, 3.05) is 49.9 Å². The molecule has 1 aliphatic heterocycles. The zero-order valence-electron chi connectivity index (χ0n) is 18.1. The highest BCUT2D eigenvalue weighted by molar-refractivity contribution is 14.0. The van der Waals surface area contributed by atoms with Gasteiger partial charge in [0.2, 0.25) is 10.0 Å². The second-order valence-corrected chi connectivity index (χ2v) is 9.13. The number of guanidine groups is 1. The molecule has 30 heavy (non-hydrogen) atoms. The van der Waals surface area contributed by atoms with Crippen molar-refractivity contribution in [2.24, 2.45) is 4.99 Å². The van der Waals surface area contributed by atoms with Crippen LogP contribution in [0, 0.1) is 5.82 Å². The molecular weight excluding hydrogens is 520 g/mol. The molecular formula is C20H35FIN5O2S. The fourth-order valence-electron chi connectivity index (χ4n) is 3.49. The van der Waals surface area contributed by atoms with E-state index in [1.54, 1.807) is 12.1 Å². The number of piperidine rings is 1. The molecule has 0 aromatic heterocycles. The maximum Gasteiger partial charge on any atom is 0.215 e. The first-order valence-corrected chi connectivity index (χ1v) is 12.0. The highest BCUT2D eigenvalue weighted by Crippen LogP contribution is 2.20. The van der Waals surface area contributed by atoms with Crippen molar-refractivity contribution in [1.29, 1.82) is 0 Å². The van der Waals surface area contributed by atoms with Gasteiger partial charge in [-0.2, -0.15) is 0 Å². The predicted octanol–water partition coefficient (Wildman–Crippen LogP) is 2.64. The van der Waals surface area contributed by atoms with Crippen LogP contribution in [-0.2, 0) is 10.0 Å². The molecule has 10 heteroatoms. The first-order chi connectivity index (χ1) is 13.9. The summed E-state index contributed by atoms with van der Waals surface area (Å²) in [6.07, 6.45) is 1.80. The summed E-state index contributed by atoms with van der Waals surface area (Å²) in [7, 11) is -3.27. The van der Waals surface area contributed by atoms with Gasteiger partial charge < -0.3 is 15.5 Å². The highest BCUT2D eigenvalue weighted by Gasteiger charge is 2.21. The predicted molar refractivity (Wildman–Crippen MR) is 133 cm³/mol. The number of aliphatic imine (C=N–C) groups is 1. The van der Waals surface area contributed by atoms with Gasteiger partial charge in [0.05, 0.1) is 12.3 Å². The van der Waals surface area contributed by atoms with E-state index in [0.29, 0.717) is 25.6 Å². The van der Waals surface area contributed by atoms with E-state index in [1.165, 1.54) is 10.4 Å². The maximum absolute atomic E-state index is 13.4. The summed E-state index contributed by atoms with van der Waals surface area (Å²) in [6.45, 7) is 9.20. The molecule has 0 bridgehead atoms. The molecule has 1 heterocycles. The maximum atomic E-state index is 13.4. The van der Waals surface area contributed by atoms with Crippen molar-refractivity contribution >= 4 is 45.6 Å². The van der Waals surface area contributed by atoms with E-state index in [4.69, 9.17) is 0 Å². The Kier molecular flexibility index (Phi) is 11.9.